The maximum atomic E-state index is 14.2. The molecule has 1 amide bonds. The molecule has 0 aliphatic carbocycles. The molecule has 5 rings (SSSR count). The number of piperazine rings is 1. The molecule has 1 aromatic carbocycles. The molecule has 11 heteroatoms. The molecular weight excluding hydrogens is 515 g/mol. The summed E-state index contributed by atoms with van der Waals surface area (Å²) < 4.78 is 48.6. The first-order chi connectivity index (χ1) is 18.1. The minimum absolute atomic E-state index is 0.0550. The molecule has 0 bridgehead atoms. The van der Waals surface area contributed by atoms with E-state index < -0.39 is 11.9 Å². The quantitative estimate of drug-likeness (QED) is 0.335. The van der Waals surface area contributed by atoms with Gasteiger partial charge in [-0.1, -0.05) is 0 Å². The van der Waals surface area contributed by atoms with Crippen LogP contribution >= 0.6 is 11.3 Å². The number of methoxy groups -OCH3 is 1. The molecule has 38 heavy (non-hydrogen) atoms. The zero-order valence-corrected chi connectivity index (χ0v) is 22.4. The first-order valence-corrected chi connectivity index (χ1v) is 13.1. The molecule has 4 aromatic rings. The zero-order valence-electron chi connectivity index (χ0n) is 21.5. The summed E-state index contributed by atoms with van der Waals surface area (Å²) in [5.41, 5.74) is -0.436. The molecule has 0 saturated carbocycles. The molecule has 4 heterocycles. The number of alkyl halides is 3. The number of amides is 1. The first-order valence-electron chi connectivity index (χ1n) is 12.3. The second kappa shape index (κ2) is 10.0. The SMILES string of the molecule is COc1ccc(-c2nc3c(C(=O)N4CCN(Cc5ccc(C)s5)C[C@H]4C)cnn3c(C(F)(F)F)c2C)cc1. The lowest BCUT2D eigenvalue weighted by Gasteiger charge is -2.39. The van der Waals surface area contributed by atoms with E-state index in [4.69, 9.17) is 4.74 Å². The molecule has 1 saturated heterocycles. The second-order valence-corrected chi connectivity index (χ2v) is 10.9. The van der Waals surface area contributed by atoms with Crippen LogP contribution in [0.1, 0.15) is 38.3 Å². The van der Waals surface area contributed by atoms with Gasteiger partial charge >= 0.3 is 6.18 Å². The van der Waals surface area contributed by atoms with Crippen LogP contribution < -0.4 is 4.74 Å². The second-order valence-electron chi connectivity index (χ2n) is 9.55. The summed E-state index contributed by atoms with van der Waals surface area (Å²) in [5, 5.41) is 3.98. The number of nitrogens with zero attached hydrogens (tertiary/aromatic N) is 5. The van der Waals surface area contributed by atoms with E-state index in [2.05, 4.69) is 34.0 Å². The van der Waals surface area contributed by atoms with Gasteiger partial charge in [-0.3, -0.25) is 9.69 Å². The lowest BCUT2D eigenvalue weighted by atomic mass is 10.0. The van der Waals surface area contributed by atoms with Crippen molar-refractivity contribution in [2.45, 2.75) is 39.5 Å². The number of hydrogen-bond donors (Lipinski definition) is 0. The molecule has 0 spiro atoms. The summed E-state index contributed by atoms with van der Waals surface area (Å²) in [7, 11) is 1.51. The summed E-state index contributed by atoms with van der Waals surface area (Å²) in [6, 6.07) is 10.7. The van der Waals surface area contributed by atoms with Crippen LogP contribution in [0.25, 0.3) is 16.9 Å². The van der Waals surface area contributed by atoms with Gasteiger partial charge in [-0.05, 0) is 57.2 Å². The number of aromatic nitrogens is 3. The normalized spacial score (nSPS) is 16.8. The molecule has 200 valence electrons. The Morgan fingerprint density at radius 1 is 1.13 bits per heavy atom. The van der Waals surface area contributed by atoms with Crippen LogP contribution in [-0.4, -0.2) is 63.1 Å². The summed E-state index contributed by atoms with van der Waals surface area (Å²) in [4.78, 5) is 24.7. The molecule has 1 aliphatic heterocycles. The Bertz CT molecular complexity index is 1480. The van der Waals surface area contributed by atoms with Crippen molar-refractivity contribution in [2.24, 2.45) is 0 Å². The topological polar surface area (TPSA) is 63.0 Å². The van der Waals surface area contributed by atoms with Crippen LogP contribution in [0.3, 0.4) is 0 Å². The predicted molar refractivity (Wildman–Crippen MR) is 140 cm³/mol. The van der Waals surface area contributed by atoms with Gasteiger partial charge in [0, 0.05) is 53.1 Å². The van der Waals surface area contributed by atoms with Gasteiger partial charge < -0.3 is 9.64 Å². The lowest BCUT2D eigenvalue weighted by Crippen LogP contribution is -2.53. The Labute approximate surface area is 222 Å². The van der Waals surface area contributed by atoms with E-state index in [1.807, 2.05) is 6.92 Å². The first kappa shape index (κ1) is 26.2. The van der Waals surface area contributed by atoms with Crippen LogP contribution in [0.15, 0.2) is 42.6 Å². The Hall–Kier alpha value is -3.44. The lowest BCUT2D eigenvalue weighted by molar-refractivity contribution is -0.143. The van der Waals surface area contributed by atoms with Crippen molar-refractivity contribution in [1.29, 1.82) is 0 Å². The number of rotatable bonds is 5. The van der Waals surface area contributed by atoms with Crippen LogP contribution in [0.5, 0.6) is 5.75 Å². The van der Waals surface area contributed by atoms with Gasteiger partial charge in [0.15, 0.2) is 11.3 Å². The number of fused-ring (bicyclic) bond motifs is 1. The van der Waals surface area contributed by atoms with E-state index in [0.717, 1.165) is 11.1 Å². The number of aryl methyl sites for hydroxylation is 1. The number of thiophene rings is 1. The van der Waals surface area contributed by atoms with Crippen molar-refractivity contribution in [2.75, 3.05) is 26.7 Å². The molecular formula is C27H28F3N5O2S. The van der Waals surface area contributed by atoms with Crippen molar-refractivity contribution >= 4 is 22.9 Å². The van der Waals surface area contributed by atoms with Crippen molar-refractivity contribution in [3.05, 3.63) is 69.2 Å². The van der Waals surface area contributed by atoms with E-state index in [1.54, 1.807) is 40.5 Å². The largest absolute Gasteiger partial charge is 0.497 e. The molecule has 0 unspecified atom stereocenters. The average Bonchev–Trinajstić information content (AvgIpc) is 3.48. The fourth-order valence-corrected chi connectivity index (χ4v) is 5.94. The number of carbonyl (C=O) groups is 1. The van der Waals surface area contributed by atoms with Gasteiger partial charge in [0.05, 0.1) is 19.0 Å². The standard InChI is InChI=1S/C27H28F3N5O2S/c1-16-14-33(15-21-10-5-17(2)38-21)11-12-34(16)26(36)22-13-31-35-24(27(28,29)30)18(3)23(32-25(22)35)19-6-8-20(37-4)9-7-19/h5-10,13,16H,11-12,14-15H2,1-4H3/t16-/m1/s1. The third kappa shape index (κ3) is 4.88. The predicted octanol–water partition coefficient (Wildman–Crippen LogP) is 5.45. The van der Waals surface area contributed by atoms with Crippen LogP contribution in [0.2, 0.25) is 0 Å². The van der Waals surface area contributed by atoms with Gasteiger partial charge in [-0.25, -0.2) is 9.50 Å². The van der Waals surface area contributed by atoms with E-state index in [0.29, 0.717) is 30.9 Å². The highest BCUT2D eigenvalue weighted by Crippen LogP contribution is 2.37. The molecule has 1 atom stereocenters. The van der Waals surface area contributed by atoms with Gasteiger partial charge in [-0.15, -0.1) is 11.3 Å². The van der Waals surface area contributed by atoms with E-state index >= 15 is 0 Å². The van der Waals surface area contributed by atoms with Gasteiger partial charge in [-0.2, -0.15) is 18.3 Å². The maximum Gasteiger partial charge on any atom is 0.433 e. The average molecular weight is 544 g/mol. The highest BCUT2D eigenvalue weighted by molar-refractivity contribution is 7.11. The molecule has 0 N–H and O–H groups in total. The Morgan fingerprint density at radius 3 is 2.47 bits per heavy atom. The molecule has 7 nitrogen and oxygen atoms in total. The van der Waals surface area contributed by atoms with Crippen LogP contribution in [0, 0.1) is 13.8 Å². The molecule has 1 fully saturated rings. The number of benzene rings is 1. The van der Waals surface area contributed by atoms with Gasteiger partial charge in [0.25, 0.3) is 5.91 Å². The van der Waals surface area contributed by atoms with E-state index in [9.17, 15) is 18.0 Å². The van der Waals surface area contributed by atoms with Gasteiger partial charge in [0.2, 0.25) is 0 Å². The molecule has 0 radical (unpaired) electrons. The Balaban J connectivity index is 1.49. The maximum absolute atomic E-state index is 14.2. The smallest absolute Gasteiger partial charge is 0.433 e. The third-order valence-corrected chi connectivity index (χ3v) is 7.88. The molecule has 1 aliphatic rings. The van der Waals surface area contributed by atoms with Crippen LogP contribution in [0.4, 0.5) is 13.2 Å². The number of hydrogen-bond acceptors (Lipinski definition) is 6. The van der Waals surface area contributed by atoms with E-state index in [1.165, 1.54) is 30.0 Å². The summed E-state index contributed by atoms with van der Waals surface area (Å²) in [6.45, 7) is 8.01. The zero-order chi connectivity index (χ0) is 27.2. The molecule has 3 aromatic heterocycles. The third-order valence-electron chi connectivity index (χ3n) is 6.89. The van der Waals surface area contributed by atoms with Crippen LogP contribution in [-0.2, 0) is 12.7 Å². The monoisotopic (exact) mass is 543 g/mol. The summed E-state index contributed by atoms with van der Waals surface area (Å²) in [6.07, 6.45) is -3.50. The van der Waals surface area contributed by atoms with Gasteiger partial charge in [0.1, 0.15) is 11.3 Å². The minimum atomic E-state index is -4.70. The Morgan fingerprint density at radius 2 is 1.87 bits per heavy atom. The number of halogens is 3. The van der Waals surface area contributed by atoms with Crippen molar-refractivity contribution in [3.63, 3.8) is 0 Å². The minimum Gasteiger partial charge on any atom is -0.497 e. The Kier molecular flexibility index (Phi) is 6.91. The highest BCUT2D eigenvalue weighted by Gasteiger charge is 2.39. The summed E-state index contributed by atoms with van der Waals surface area (Å²) >= 11 is 1.75. The number of ether oxygens (including phenoxy) is 1. The fourth-order valence-electron chi connectivity index (χ4n) is 5.01. The fraction of sp³-hybridized carbons (Fsp3) is 0.370. The summed E-state index contributed by atoms with van der Waals surface area (Å²) in [5.74, 6) is 0.204. The van der Waals surface area contributed by atoms with E-state index in [-0.39, 0.29) is 34.4 Å². The number of carbonyl (C=O) groups excluding carboxylic acids is 1. The van der Waals surface area contributed by atoms with Crippen molar-refractivity contribution in [3.8, 4) is 17.0 Å². The van der Waals surface area contributed by atoms with Crippen molar-refractivity contribution in [1.82, 2.24) is 24.4 Å². The highest BCUT2D eigenvalue weighted by atomic mass is 32.1. The van der Waals surface area contributed by atoms with Crippen molar-refractivity contribution < 1.29 is 22.7 Å².